The lowest BCUT2D eigenvalue weighted by Crippen LogP contribution is -1.96. The molecular formula is C13H14BrNO. The number of furan rings is 1. The van der Waals surface area contributed by atoms with Crippen molar-refractivity contribution in [1.29, 1.82) is 0 Å². The summed E-state index contributed by atoms with van der Waals surface area (Å²) in [5.74, 6) is 0.941. The van der Waals surface area contributed by atoms with Gasteiger partial charge in [-0.15, -0.1) is 0 Å². The van der Waals surface area contributed by atoms with Gasteiger partial charge in [0.15, 0.2) is 0 Å². The van der Waals surface area contributed by atoms with Crippen molar-refractivity contribution in [3.63, 3.8) is 0 Å². The zero-order valence-corrected chi connectivity index (χ0v) is 11.0. The van der Waals surface area contributed by atoms with Crippen molar-refractivity contribution in [2.24, 2.45) is 0 Å². The van der Waals surface area contributed by atoms with E-state index in [4.69, 9.17) is 4.42 Å². The Kier molecular flexibility index (Phi) is 3.44. The monoisotopic (exact) mass is 279 g/mol. The molecule has 2 aromatic rings. The Hall–Kier alpha value is -1.09. The maximum absolute atomic E-state index is 5.29. The van der Waals surface area contributed by atoms with Gasteiger partial charge in [0.05, 0.1) is 6.26 Å². The molecule has 0 N–H and O–H groups in total. The molecule has 1 atom stereocenters. The lowest BCUT2D eigenvalue weighted by molar-refractivity contribution is 0.531. The third kappa shape index (κ3) is 2.73. The molecule has 0 aliphatic heterocycles. The maximum Gasteiger partial charge on any atom is 0.101 e. The van der Waals surface area contributed by atoms with Crippen LogP contribution in [-0.2, 0) is 6.42 Å². The molecule has 84 valence electrons. The molecule has 0 fully saturated rings. The van der Waals surface area contributed by atoms with Crippen molar-refractivity contribution in [2.45, 2.75) is 25.1 Å². The van der Waals surface area contributed by atoms with Crippen LogP contribution in [0.5, 0.6) is 0 Å². The Labute approximate surface area is 104 Å². The topological polar surface area (TPSA) is 26.0 Å². The second kappa shape index (κ2) is 4.83. The summed E-state index contributed by atoms with van der Waals surface area (Å²) in [7, 11) is 0. The van der Waals surface area contributed by atoms with E-state index in [0.29, 0.717) is 0 Å². The molecule has 0 spiro atoms. The van der Waals surface area contributed by atoms with Crippen LogP contribution >= 0.6 is 15.9 Å². The first kappa shape index (κ1) is 11.4. The molecular weight excluding hydrogens is 266 g/mol. The molecule has 16 heavy (non-hydrogen) atoms. The number of aryl methyl sites for hydroxylation is 2. The van der Waals surface area contributed by atoms with Crippen LogP contribution in [0.15, 0.2) is 35.1 Å². The number of rotatable bonds is 3. The summed E-state index contributed by atoms with van der Waals surface area (Å²) < 4.78 is 5.29. The van der Waals surface area contributed by atoms with Gasteiger partial charge in [-0.2, -0.15) is 0 Å². The third-order valence-corrected chi connectivity index (χ3v) is 3.33. The number of aromatic nitrogens is 1. The van der Waals surface area contributed by atoms with Crippen molar-refractivity contribution in [3.8, 4) is 0 Å². The van der Waals surface area contributed by atoms with E-state index in [9.17, 15) is 0 Å². The van der Waals surface area contributed by atoms with Crippen molar-refractivity contribution >= 4 is 15.9 Å². The van der Waals surface area contributed by atoms with Crippen molar-refractivity contribution in [3.05, 3.63) is 53.2 Å². The van der Waals surface area contributed by atoms with Crippen LogP contribution in [0.25, 0.3) is 0 Å². The maximum atomic E-state index is 5.29. The van der Waals surface area contributed by atoms with E-state index in [1.54, 1.807) is 6.26 Å². The standard InChI is InChI=1S/C13H14BrNO/c1-9-3-4-12(15-7-9)6-13(14)11-5-10(2)16-8-11/h3-5,7-8,13H,6H2,1-2H3. The van der Waals surface area contributed by atoms with Gasteiger partial charge in [0.25, 0.3) is 0 Å². The minimum Gasteiger partial charge on any atom is -0.469 e. The van der Waals surface area contributed by atoms with Gasteiger partial charge in [-0.3, -0.25) is 4.98 Å². The zero-order valence-electron chi connectivity index (χ0n) is 9.40. The molecule has 1 unspecified atom stereocenters. The number of halogens is 1. The number of pyridine rings is 1. The predicted molar refractivity (Wildman–Crippen MR) is 67.8 cm³/mol. The van der Waals surface area contributed by atoms with E-state index in [2.05, 4.69) is 33.0 Å². The van der Waals surface area contributed by atoms with Gasteiger partial charge >= 0.3 is 0 Å². The smallest absolute Gasteiger partial charge is 0.101 e. The van der Waals surface area contributed by atoms with Crippen molar-refractivity contribution < 1.29 is 4.42 Å². The number of nitrogens with zero attached hydrogens (tertiary/aromatic N) is 1. The van der Waals surface area contributed by atoms with Gasteiger partial charge in [0.2, 0.25) is 0 Å². The molecule has 0 bridgehead atoms. The van der Waals surface area contributed by atoms with Crippen LogP contribution in [-0.4, -0.2) is 4.98 Å². The van der Waals surface area contributed by atoms with E-state index >= 15 is 0 Å². The van der Waals surface area contributed by atoms with Crippen molar-refractivity contribution in [1.82, 2.24) is 4.98 Å². The molecule has 2 heterocycles. The Balaban J connectivity index is 2.07. The quantitative estimate of drug-likeness (QED) is 0.795. The minimum absolute atomic E-state index is 0.264. The summed E-state index contributed by atoms with van der Waals surface area (Å²) in [4.78, 5) is 4.65. The van der Waals surface area contributed by atoms with E-state index in [-0.39, 0.29) is 4.83 Å². The number of alkyl halides is 1. The average molecular weight is 280 g/mol. The SMILES string of the molecule is Cc1ccc(CC(Br)c2coc(C)c2)nc1. The van der Waals surface area contributed by atoms with Gasteiger partial charge in [0, 0.05) is 28.7 Å². The highest BCUT2D eigenvalue weighted by Crippen LogP contribution is 2.27. The van der Waals surface area contributed by atoms with Gasteiger partial charge in [-0.1, -0.05) is 22.0 Å². The van der Waals surface area contributed by atoms with Gasteiger partial charge in [-0.25, -0.2) is 0 Å². The minimum atomic E-state index is 0.264. The number of hydrogen-bond acceptors (Lipinski definition) is 2. The molecule has 2 rings (SSSR count). The molecule has 0 saturated heterocycles. The highest BCUT2D eigenvalue weighted by Gasteiger charge is 2.11. The second-order valence-corrected chi connectivity index (χ2v) is 5.09. The molecule has 2 aromatic heterocycles. The third-order valence-electron chi connectivity index (χ3n) is 2.47. The lowest BCUT2D eigenvalue weighted by Gasteiger charge is -2.06. The lowest BCUT2D eigenvalue weighted by atomic mass is 10.1. The predicted octanol–water partition coefficient (Wildman–Crippen LogP) is 3.97. The molecule has 0 aliphatic rings. The zero-order chi connectivity index (χ0) is 11.5. The van der Waals surface area contributed by atoms with Crippen LogP contribution < -0.4 is 0 Å². The first-order valence-electron chi connectivity index (χ1n) is 5.26. The summed E-state index contributed by atoms with van der Waals surface area (Å²) in [5, 5.41) is 0. The van der Waals surface area contributed by atoms with E-state index in [0.717, 1.165) is 17.9 Å². The average Bonchev–Trinajstić information content (AvgIpc) is 2.68. The Bertz CT molecular complexity index is 461. The summed E-state index contributed by atoms with van der Waals surface area (Å²) in [6, 6.07) is 6.20. The van der Waals surface area contributed by atoms with E-state index in [1.165, 1.54) is 11.1 Å². The fourth-order valence-corrected chi connectivity index (χ4v) is 2.12. The second-order valence-electron chi connectivity index (χ2n) is 3.99. The molecule has 0 saturated carbocycles. The van der Waals surface area contributed by atoms with E-state index in [1.807, 2.05) is 26.1 Å². The molecule has 2 nitrogen and oxygen atoms in total. The van der Waals surface area contributed by atoms with Crippen LogP contribution in [0.3, 0.4) is 0 Å². The highest BCUT2D eigenvalue weighted by molar-refractivity contribution is 9.09. The normalized spacial score (nSPS) is 12.7. The van der Waals surface area contributed by atoms with E-state index < -0.39 is 0 Å². The summed E-state index contributed by atoms with van der Waals surface area (Å²) >= 11 is 3.65. The number of hydrogen-bond donors (Lipinski definition) is 0. The first-order chi connectivity index (χ1) is 7.65. The Morgan fingerprint density at radius 1 is 1.38 bits per heavy atom. The van der Waals surface area contributed by atoms with Gasteiger partial charge < -0.3 is 4.42 Å². The summed E-state index contributed by atoms with van der Waals surface area (Å²) in [6.45, 7) is 4.00. The fourth-order valence-electron chi connectivity index (χ4n) is 1.55. The van der Waals surface area contributed by atoms with Gasteiger partial charge in [0.1, 0.15) is 5.76 Å². The molecule has 0 amide bonds. The van der Waals surface area contributed by atoms with Crippen LogP contribution in [0.1, 0.15) is 27.4 Å². The first-order valence-corrected chi connectivity index (χ1v) is 6.17. The van der Waals surface area contributed by atoms with Gasteiger partial charge in [-0.05, 0) is 31.5 Å². The highest BCUT2D eigenvalue weighted by atomic mass is 79.9. The van der Waals surface area contributed by atoms with Crippen LogP contribution in [0.4, 0.5) is 0 Å². The van der Waals surface area contributed by atoms with Crippen LogP contribution in [0.2, 0.25) is 0 Å². The molecule has 0 radical (unpaired) electrons. The molecule has 0 aromatic carbocycles. The summed E-state index contributed by atoms with van der Waals surface area (Å²) in [6.07, 6.45) is 4.57. The fraction of sp³-hybridized carbons (Fsp3) is 0.308. The molecule has 3 heteroatoms. The Morgan fingerprint density at radius 3 is 2.75 bits per heavy atom. The Morgan fingerprint density at radius 2 is 2.19 bits per heavy atom. The molecule has 0 aliphatic carbocycles. The summed E-state index contributed by atoms with van der Waals surface area (Å²) in [5.41, 5.74) is 3.44. The largest absolute Gasteiger partial charge is 0.469 e. The van der Waals surface area contributed by atoms with Crippen molar-refractivity contribution in [2.75, 3.05) is 0 Å². The van der Waals surface area contributed by atoms with Crippen LogP contribution in [0, 0.1) is 13.8 Å².